The fourth-order valence-electron chi connectivity index (χ4n) is 1.51. The van der Waals surface area contributed by atoms with E-state index in [9.17, 15) is 9.50 Å². The first kappa shape index (κ1) is 15.8. The zero-order valence-electron chi connectivity index (χ0n) is 11.0. The van der Waals surface area contributed by atoms with Gasteiger partial charge >= 0.3 is 0 Å². The first-order valence-electron chi connectivity index (χ1n) is 6.01. The van der Waals surface area contributed by atoms with Crippen molar-refractivity contribution in [1.29, 1.82) is 0 Å². The molecule has 102 valence electrons. The average molecular weight is 335 g/mol. The van der Waals surface area contributed by atoms with Crippen LogP contribution in [0.4, 0.5) is 4.39 Å². The maximum absolute atomic E-state index is 13.0. The fourth-order valence-corrected chi connectivity index (χ4v) is 2.85. The van der Waals surface area contributed by atoms with Gasteiger partial charge in [0.2, 0.25) is 0 Å². The molecule has 0 aliphatic carbocycles. The Bertz CT molecular complexity index is 393. The molecule has 1 aromatic rings. The van der Waals surface area contributed by atoms with E-state index in [0.717, 1.165) is 11.6 Å². The topological polar surface area (TPSA) is 29.5 Å². The second-order valence-electron chi connectivity index (χ2n) is 5.52. The number of aliphatic hydroxyl groups excluding tert-OH is 1. The Morgan fingerprint density at radius 2 is 2.06 bits per heavy atom. The molecule has 1 unspecified atom stereocenters. The van der Waals surface area contributed by atoms with Crippen LogP contribution in [0.15, 0.2) is 22.7 Å². The molecule has 2 nitrogen and oxygen atoms in total. The Morgan fingerprint density at radius 3 is 2.56 bits per heavy atom. The van der Waals surface area contributed by atoms with Crippen LogP contribution in [0.3, 0.4) is 0 Å². The van der Waals surface area contributed by atoms with Crippen molar-refractivity contribution in [3.05, 3.63) is 34.1 Å². The van der Waals surface area contributed by atoms with Crippen molar-refractivity contribution >= 4 is 24.0 Å². The molecular weight excluding hydrogens is 315 g/mol. The lowest BCUT2D eigenvalue weighted by molar-refractivity contribution is 0.0181. The van der Waals surface area contributed by atoms with Crippen molar-refractivity contribution in [3.63, 3.8) is 0 Å². The third-order valence-corrected chi connectivity index (χ3v) is 5.04. The number of aliphatic hydroxyl groups is 1. The molecule has 0 radical (unpaired) electrons. The molecule has 0 aromatic heterocycles. The molecule has 0 heterocycles. The summed E-state index contributed by atoms with van der Waals surface area (Å²) in [5.41, 5.74) is 0.787. The minimum Gasteiger partial charge on any atom is -0.393 e. The highest BCUT2D eigenvalue weighted by Gasteiger charge is 2.17. The van der Waals surface area contributed by atoms with Gasteiger partial charge in [0.25, 0.3) is 0 Å². The Kier molecular flexibility index (Phi) is 5.97. The van der Waals surface area contributed by atoms with E-state index < -0.39 is 14.2 Å². The van der Waals surface area contributed by atoms with Crippen molar-refractivity contribution < 1.29 is 14.2 Å². The van der Waals surface area contributed by atoms with E-state index in [2.05, 4.69) is 35.6 Å². The highest BCUT2D eigenvalue weighted by Crippen LogP contribution is 2.27. The zero-order chi connectivity index (χ0) is 13.8. The summed E-state index contributed by atoms with van der Waals surface area (Å²) in [4.78, 5) is 0. The van der Waals surface area contributed by atoms with Crippen molar-refractivity contribution in [2.45, 2.75) is 31.8 Å². The maximum atomic E-state index is 13.0. The van der Waals surface area contributed by atoms with Gasteiger partial charge in [-0.1, -0.05) is 41.6 Å². The summed E-state index contributed by atoms with van der Waals surface area (Å²) in [5, 5.41) is 9.37. The van der Waals surface area contributed by atoms with E-state index >= 15 is 0 Å². The van der Waals surface area contributed by atoms with E-state index in [1.165, 1.54) is 12.1 Å². The predicted molar refractivity (Wildman–Crippen MR) is 78.0 cm³/mol. The number of hydrogen-bond acceptors (Lipinski definition) is 2. The van der Waals surface area contributed by atoms with Crippen LogP contribution < -0.4 is 0 Å². The van der Waals surface area contributed by atoms with Crippen LogP contribution in [0.1, 0.15) is 11.7 Å². The largest absolute Gasteiger partial charge is 0.393 e. The van der Waals surface area contributed by atoms with Gasteiger partial charge in [-0.2, -0.15) is 0 Å². The normalized spacial score (nSPS) is 13.7. The second kappa shape index (κ2) is 6.80. The minimum atomic E-state index is -1.14. The zero-order valence-corrected chi connectivity index (χ0v) is 13.6. The highest BCUT2D eigenvalue weighted by molar-refractivity contribution is 9.10. The molecule has 0 bridgehead atoms. The molecule has 0 fully saturated rings. The van der Waals surface area contributed by atoms with E-state index in [1.54, 1.807) is 6.07 Å². The van der Waals surface area contributed by atoms with Gasteiger partial charge < -0.3 is 9.84 Å². The number of hydrogen-bond donors (Lipinski definition) is 1. The molecule has 0 amide bonds. The lowest BCUT2D eigenvalue weighted by atomic mass is 10.1. The third kappa shape index (κ3) is 5.18. The summed E-state index contributed by atoms with van der Waals surface area (Å²) in [7, 11) is -1.14. The van der Waals surface area contributed by atoms with E-state index in [4.69, 9.17) is 4.74 Å². The number of benzene rings is 1. The molecule has 1 N–H and O–H groups in total. The van der Waals surface area contributed by atoms with Gasteiger partial charge in [0.15, 0.2) is 0 Å². The number of rotatable bonds is 6. The van der Waals surface area contributed by atoms with Crippen LogP contribution in [0.5, 0.6) is 0 Å². The monoisotopic (exact) mass is 334 g/mol. The number of ether oxygens (including phenoxy) is 1. The van der Waals surface area contributed by atoms with Crippen LogP contribution in [0.2, 0.25) is 25.7 Å². The first-order valence-corrected chi connectivity index (χ1v) is 10.5. The van der Waals surface area contributed by atoms with Gasteiger partial charge in [0.05, 0.1) is 6.61 Å². The minimum absolute atomic E-state index is 0.101. The molecule has 5 heteroatoms. The Labute approximate surface area is 117 Å². The molecule has 0 aliphatic rings. The molecule has 18 heavy (non-hydrogen) atoms. The van der Waals surface area contributed by atoms with Crippen LogP contribution >= 0.6 is 15.9 Å². The summed E-state index contributed by atoms with van der Waals surface area (Å²) < 4.78 is 19.3. The first-order chi connectivity index (χ1) is 8.33. The van der Waals surface area contributed by atoms with Gasteiger partial charge in [-0.3, -0.25) is 0 Å². The summed E-state index contributed by atoms with van der Waals surface area (Å²) >= 11 is 3.30. The summed E-state index contributed by atoms with van der Waals surface area (Å²) in [6.45, 7) is 7.36. The van der Waals surface area contributed by atoms with Gasteiger partial charge in [0.1, 0.15) is 11.9 Å². The van der Waals surface area contributed by atoms with Crippen LogP contribution in [0, 0.1) is 5.82 Å². The van der Waals surface area contributed by atoms with Crippen molar-refractivity contribution in [2.24, 2.45) is 0 Å². The summed E-state index contributed by atoms with van der Waals surface area (Å²) in [5.74, 6) is -0.301. The third-order valence-electron chi connectivity index (χ3n) is 2.65. The van der Waals surface area contributed by atoms with Gasteiger partial charge in [0, 0.05) is 19.2 Å². The summed E-state index contributed by atoms with van der Waals surface area (Å²) in [6.07, 6.45) is -0.392. The Hall–Kier alpha value is -0.233. The second-order valence-corrected chi connectivity index (χ2v) is 12.0. The lowest BCUT2D eigenvalue weighted by Crippen LogP contribution is -2.23. The van der Waals surface area contributed by atoms with Gasteiger partial charge in [-0.05, 0) is 23.7 Å². The molecule has 0 saturated heterocycles. The molecule has 0 spiro atoms. The Balaban J connectivity index is 2.66. The van der Waals surface area contributed by atoms with E-state index in [0.29, 0.717) is 11.1 Å². The number of halogens is 2. The summed E-state index contributed by atoms with van der Waals surface area (Å²) in [6, 6.07) is 5.46. The van der Waals surface area contributed by atoms with Gasteiger partial charge in [-0.15, -0.1) is 0 Å². The SMILES string of the molecule is C[Si](C)(C)CCOC(CO)c1ccc(F)cc1Br. The fraction of sp³-hybridized carbons (Fsp3) is 0.538. The Morgan fingerprint density at radius 1 is 1.39 bits per heavy atom. The van der Waals surface area contributed by atoms with Crippen LogP contribution in [0.25, 0.3) is 0 Å². The van der Waals surface area contributed by atoms with Gasteiger partial charge in [-0.25, -0.2) is 4.39 Å². The molecule has 0 aliphatic heterocycles. The molecule has 1 aromatic carbocycles. The smallest absolute Gasteiger partial charge is 0.124 e. The van der Waals surface area contributed by atoms with Crippen LogP contribution in [-0.2, 0) is 4.74 Å². The van der Waals surface area contributed by atoms with Crippen molar-refractivity contribution in [2.75, 3.05) is 13.2 Å². The molecule has 0 saturated carbocycles. The lowest BCUT2D eigenvalue weighted by Gasteiger charge is -2.21. The van der Waals surface area contributed by atoms with Crippen molar-refractivity contribution in [1.82, 2.24) is 0 Å². The van der Waals surface area contributed by atoms with E-state index in [-0.39, 0.29) is 12.4 Å². The molecule has 1 atom stereocenters. The molecular formula is C13H20BrFO2Si. The molecule has 1 rings (SSSR count). The highest BCUT2D eigenvalue weighted by atomic mass is 79.9. The predicted octanol–water partition coefficient (Wildman–Crippen LogP) is 3.98. The standard InChI is InChI=1S/C13H20BrFO2Si/c1-18(2,3)7-6-17-13(9-16)11-5-4-10(15)8-12(11)14/h4-5,8,13,16H,6-7,9H2,1-3H3. The average Bonchev–Trinajstić information content (AvgIpc) is 2.24. The maximum Gasteiger partial charge on any atom is 0.124 e. The van der Waals surface area contributed by atoms with Crippen LogP contribution in [-0.4, -0.2) is 26.4 Å². The quantitative estimate of drug-likeness (QED) is 0.797. The van der Waals surface area contributed by atoms with E-state index in [1.807, 2.05) is 0 Å². The van der Waals surface area contributed by atoms with Crippen molar-refractivity contribution in [3.8, 4) is 0 Å².